The van der Waals surface area contributed by atoms with Gasteiger partial charge in [0, 0.05) is 22.2 Å². The number of halogens is 2. The Morgan fingerprint density at radius 3 is 2.77 bits per heavy atom. The van der Waals surface area contributed by atoms with Crippen molar-refractivity contribution in [3.05, 3.63) is 88.6 Å². The highest BCUT2D eigenvalue weighted by atomic mass is 35.5. The number of carbonyl (C=O) groups is 1. The van der Waals surface area contributed by atoms with E-state index in [2.05, 4.69) is 17.0 Å². The van der Waals surface area contributed by atoms with Crippen LogP contribution in [0.2, 0.25) is 10.0 Å². The lowest BCUT2D eigenvalue weighted by Gasteiger charge is -2.10. The molecule has 0 atom stereocenters. The van der Waals surface area contributed by atoms with Crippen LogP contribution in [0.3, 0.4) is 0 Å². The number of benzene rings is 2. The van der Waals surface area contributed by atoms with Crippen molar-refractivity contribution in [1.82, 2.24) is 9.78 Å². The van der Waals surface area contributed by atoms with Crippen molar-refractivity contribution >= 4 is 41.0 Å². The van der Waals surface area contributed by atoms with Crippen molar-refractivity contribution in [3.63, 3.8) is 0 Å². The molecule has 0 radical (unpaired) electrons. The molecular formula is C23H21Cl2N3O3. The van der Waals surface area contributed by atoms with Crippen molar-refractivity contribution in [2.45, 2.75) is 6.54 Å². The number of rotatable bonds is 9. The van der Waals surface area contributed by atoms with Gasteiger partial charge < -0.3 is 14.8 Å². The Kier molecular flexibility index (Phi) is 7.76. The third-order valence-corrected chi connectivity index (χ3v) is 4.86. The van der Waals surface area contributed by atoms with E-state index < -0.39 is 0 Å². The quantitative estimate of drug-likeness (QED) is 0.342. The molecule has 31 heavy (non-hydrogen) atoms. The second kappa shape index (κ2) is 10.7. The molecule has 1 heterocycles. The van der Waals surface area contributed by atoms with Gasteiger partial charge >= 0.3 is 0 Å². The van der Waals surface area contributed by atoms with E-state index in [1.54, 1.807) is 60.5 Å². The number of nitrogens with zero attached hydrogens (tertiary/aromatic N) is 2. The molecule has 0 aliphatic carbocycles. The van der Waals surface area contributed by atoms with E-state index in [9.17, 15) is 4.79 Å². The van der Waals surface area contributed by atoms with Crippen molar-refractivity contribution in [2.75, 3.05) is 19.0 Å². The Morgan fingerprint density at radius 1 is 1.19 bits per heavy atom. The zero-order valence-electron chi connectivity index (χ0n) is 16.8. The molecule has 0 saturated heterocycles. The van der Waals surface area contributed by atoms with Crippen molar-refractivity contribution < 1.29 is 14.3 Å². The number of nitrogens with one attached hydrogen (secondary N) is 1. The highest BCUT2D eigenvalue weighted by molar-refractivity contribution is 6.35. The normalized spacial score (nSPS) is 10.8. The minimum atomic E-state index is -0.296. The molecule has 0 saturated carbocycles. The largest absolute Gasteiger partial charge is 0.493 e. The molecule has 0 bridgehead atoms. The standard InChI is InChI=1S/C23H21Cl2N3O3/c1-3-12-31-20-8-4-16(13-21(20)30-2)5-9-23(29)27-22-10-11-26-28(22)15-17-6-7-18(24)14-19(17)25/h3-11,13-14H,1,12,15H2,2H3,(H,27,29)/b9-5+. The second-order valence-electron chi connectivity index (χ2n) is 6.44. The maximum Gasteiger partial charge on any atom is 0.249 e. The highest BCUT2D eigenvalue weighted by Crippen LogP contribution is 2.28. The Morgan fingerprint density at radius 2 is 2.03 bits per heavy atom. The first-order chi connectivity index (χ1) is 15.0. The summed E-state index contributed by atoms with van der Waals surface area (Å²) in [7, 11) is 1.56. The van der Waals surface area contributed by atoms with Crippen LogP contribution in [0.15, 0.2) is 67.4 Å². The van der Waals surface area contributed by atoms with Crippen LogP contribution < -0.4 is 14.8 Å². The zero-order valence-corrected chi connectivity index (χ0v) is 18.4. The van der Waals surface area contributed by atoms with Gasteiger partial charge in [-0.15, -0.1) is 0 Å². The van der Waals surface area contributed by atoms with Gasteiger partial charge in [-0.25, -0.2) is 4.68 Å². The Labute approximate surface area is 190 Å². The molecule has 3 rings (SSSR count). The van der Waals surface area contributed by atoms with Gasteiger partial charge in [-0.1, -0.05) is 48.0 Å². The van der Waals surface area contributed by atoms with Crippen LogP contribution in [0.5, 0.6) is 11.5 Å². The van der Waals surface area contributed by atoms with Gasteiger partial charge in [-0.3, -0.25) is 4.79 Å². The van der Waals surface area contributed by atoms with E-state index in [-0.39, 0.29) is 5.91 Å². The van der Waals surface area contributed by atoms with E-state index in [1.165, 1.54) is 6.08 Å². The summed E-state index contributed by atoms with van der Waals surface area (Å²) in [6.45, 7) is 4.40. The third kappa shape index (κ3) is 6.13. The lowest BCUT2D eigenvalue weighted by atomic mass is 10.2. The predicted octanol–water partition coefficient (Wildman–Crippen LogP) is 5.46. The number of carbonyl (C=O) groups excluding carboxylic acids is 1. The lowest BCUT2D eigenvalue weighted by molar-refractivity contribution is -0.111. The number of hydrogen-bond acceptors (Lipinski definition) is 4. The summed E-state index contributed by atoms with van der Waals surface area (Å²) in [6, 6.07) is 12.4. The summed E-state index contributed by atoms with van der Waals surface area (Å²) in [5.74, 6) is 1.43. The number of amides is 1. The molecule has 3 aromatic rings. The molecule has 0 aliphatic heterocycles. The highest BCUT2D eigenvalue weighted by Gasteiger charge is 2.09. The van der Waals surface area contributed by atoms with Crippen molar-refractivity contribution in [3.8, 4) is 11.5 Å². The monoisotopic (exact) mass is 457 g/mol. The van der Waals surface area contributed by atoms with E-state index in [0.29, 0.717) is 40.5 Å². The third-order valence-electron chi connectivity index (χ3n) is 4.27. The fraction of sp³-hybridized carbons (Fsp3) is 0.130. The molecule has 1 amide bonds. The van der Waals surface area contributed by atoms with E-state index in [1.807, 2.05) is 12.1 Å². The zero-order chi connectivity index (χ0) is 22.2. The number of methoxy groups -OCH3 is 1. The summed E-state index contributed by atoms with van der Waals surface area (Å²) in [5, 5.41) is 8.17. The van der Waals surface area contributed by atoms with Crippen LogP contribution in [-0.4, -0.2) is 29.4 Å². The lowest BCUT2D eigenvalue weighted by Crippen LogP contribution is -2.14. The van der Waals surface area contributed by atoms with Crippen LogP contribution in [0.4, 0.5) is 5.82 Å². The van der Waals surface area contributed by atoms with Gasteiger partial charge in [0.25, 0.3) is 0 Å². The molecule has 0 aliphatic rings. The topological polar surface area (TPSA) is 65.4 Å². The Balaban J connectivity index is 1.67. The molecule has 8 heteroatoms. The van der Waals surface area contributed by atoms with Gasteiger partial charge in [0.15, 0.2) is 11.5 Å². The fourth-order valence-electron chi connectivity index (χ4n) is 2.77. The first-order valence-corrected chi connectivity index (χ1v) is 10.1. The molecule has 0 fully saturated rings. The molecule has 6 nitrogen and oxygen atoms in total. The average molecular weight is 458 g/mol. The van der Waals surface area contributed by atoms with Crippen LogP contribution in [0.25, 0.3) is 6.08 Å². The smallest absolute Gasteiger partial charge is 0.249 e. The average Bonchev–Trinajstić information content (AvgIpc) is 3.19. The number of anilines is 1. The number of hydrogen-bond donors (Lipinski definition) is 1. The number of ether oxygens (including phenoxy) is 2. The molecule has 2 aromatic carbocycles. The van der Waals surface area contributed by atoms with E-state index in [0.717, 1.165) is 11.1 Å². The molecule has 1 N–H and O–H groups in total. The summed E-state index contributed by atoms with van der Waals surface area (Å²) < 4.78 is 12.5. The first-order valence-electron chi connectivity index (χ1n) is 9.36. The summed E-state index contributed by atoms with van der Waals surface area (Å²) in [4.78, 5) is 12.4. The van der Waals surface area contributed by atoms with Gasteiger partial charge in [0.05, 0.1) is 19.9 Å². The van der Waals surface area contributed by atoms with E-state index in [4.69, 9.17) is 32.7 Å². The first kappa shape index (κ1) is 22.5. The molecule has 1 aromatic heterocycles. The van der Waals surface area contributed by atoms with Crippen molar-refractivity contribution in [2.24, 2.45) is 0 Å². The maximum absolute atomic E-state index is 12.4. The van der Waals surface area contributed by atoms with Gasteiger partial charge in [0.2, 0.25) is 5.91 Å². The molecule has 160 valence electrons. The molecule has 0 unspecified atom stereocenters. The van der Waals surface area contributed by atoms with Crippen molar-refractivity contribution in [1.29, 1.82) is 0 Å². The fourth-order valence-corrected chi connectivity index (χ4v) is 3.24. The molecular weight excluding hydrogens is 437 g/mol. The minimum Gasteiger partial charge on any atom is -0.493 e. The van der Waals surface area contributed by atoms with Crippen LogP contribution in [0, 0.1) is 0 Å². The minimum absolute atomic E-state index is 0.296. The summed E-state index contributed by atoms with van der Waals surface area (Å²) in [5.41, 5.74) is 1.63. The molecule has 0 spiro atoms. The maximum atomic E-state index is 12.4. The van der Waals surface area contributed by atoms with E-state index >= 15 is 0 Å². The Bertz CT molecular complexity index is 1110. The van der Waals surface area contributed by atoms with Crippen LogP contribution in [-0.2, 0) is 11.3 Å². The second-order valence-corrected chi connectivity index (χ2v) is 7.29. The summed E-state index contributed by atoms with van der Waals surface area (Å²) >= 11 is 12.2. The SMILES string of the molecule is C=CCOc1ccc(/C=C/C(=O)Nc2ccnn2Cc2ccc(Cl)cc2Cl)cc1OC. The number of aromatic nitrogens is 2. The van der Waals surface area contributed by atoms with Gasteiger partial charge in [0.1, 0.15) is 12.4 Å². The Hall–Kier alpha value is -3.22. The predicted molar refractivity (Wildman–Crippen MR) is 124 cm³/mol. The van der Waals surface area contributed by atoms with Gasteiger partial charge in [-0.05, 0) is 41.5 Å². The summed E-state index contributed by atoms with van der Waals surface area (Å²) in [6.07, 6.45) is 6.39. The van der Waals surface area contributed by atoms with Gasteiger partial charge in [-0.2, -0.15) is 5.10 Å². The van der Waals surface area contributed by atoms with Crippen LogP contribution >= 0.6 is 23.2 Å². The van der Waals surface area contributed by atoms with Crippen LogP contribution in [0.1, 0.15) is 11.1 Å².